The number of unbranched alkanes of at least 4 members (excludes halogenated alkanes) is 7. The molecule has 3 nitrogen and oxygen atoms in total. The van der Waals surface area contributed by atoms with E-state index in [4.69, 9.17) is 10.8 Å². The second-order valence-electron chi connectivity index (χ2n) is 11.4. The lowest BCUT2D eigenvalue weighted by Gasteiger charge is -2.28. The molecule has 39 heavy (non-hydrogen) atoms. The summed E-state index contributed by atoms with van der Waals surface area (Å²) in [6.07, 6.45) is 22.7. The molecule has 0 radical (unpaired) electrons. The summed E-state index contributed by atoms with van der Waals surface area (Å²) in [6.45, 7) is 5.20. The van der Waals surface area contributed by atoms with Gasteiger partial charge in [0.1, 0.15) is 12.9 Å². The minimum atomic E-state index is -0.432. The van der Waals surface area contributed by atoms with E-state index in [-0.39, 0.29) is 0 Å². The summed E-state index contributed by atoms with van der Waals surface area (Å²) < 4.78 is 19.0. The van der Waals surface area contributed by atoms with E-state index >= 15 is 0 Å². The number of ether oxygens (including phenoxy) is 2. The van der Waals surface area contributed by atoms with Crippen molar-refractivity contribution in [3.05, 3.63) is 59.2 Å². The number of esters is 1. The minimum absolute atomic E-state index is 0.407. The third-order valence-electron chi connectivity index (χ3n) is 8.26. The van der Waals surface area contributed by atoms with Gasteiger partial charge in [-0.1, -0.05) is 109 Å². The minimum Gasteiger partial charge on any atom is -0.494 e. The number of carbonyl (C=O) groups is 1. The van der Waals surface area contributed by atoms with Crippen LogP contribution in [-0.2, 0) is 6.42 Å². The molecule has 2 aromatic carbocycles. The summed E-state index contributed by atoms with van der Waals surface area (Å²) in [5.74, 6) is 5.28. The van der Waals surface area contributed by atoms with Crippen molar-refractivity contribution in [2.45, 2.75) is 117 Å². The molecule has 0 heterocycles. The van der Waals surface area contributed by atoms with Crippen molar-refractivity contribution in [1.82, 2.24) is 0 Å². The van der Waals surface area contributed by atoms with E-state index in [1.54, 1.807) is 12.1 Å². The van der Waals surface area contributed by atoms with Gasteiger partial charge in [-0.25, -0.2) is 4.79 Å². The third kappa shape index (κ3) is 11.1. The lowest BCUT2D eigenvalue weighted by molar-refractivity contribution is 0.0734. The van der Waals surface area contributed by atoms with Gasteiger partial charge in [0.2, 0.25) is 0 Å². The molecule has 212 valence electrons. The van der Waals surface area contributed by atoms with Crippen molar-refractivity contribution in [3.8, 4) is 23.8 Å². The number of aryl methyl sites for hydroxylation is 1. The average molecular weight is 533 g/mol. The molecule has 0 atom stereocenters. The Balaban J connectivity index is 1.46. The van der Waals surface area contributed by atoms with Crippen LogP contribution in [0.5, 0.6) is 11.5 Å². The van der Waals surface area contributed by atoms with Gasteiger partial charge in [-0.15, -0.1) is 6.40 Å². The summed E-state index contributed by atoms with van der Waals surface area (Å²) in [7, 11) is 0. The first-order chi connectivity index (χ1) is 19.6. The van der Waals surface area contributed by atoms with Crippen LogP contribution in [0.4, 0.5) is 0 Å². The van der Waals surface area contributed by atoms with Gasteiger partial charge in [0, 0.05) is 0 Å². The van der Waals surface area contributed by atoms with Gasteiger partial charge in [0.05, 0.1) is 17.7 Å². The monoisotopic (exact) mass is 532 g/mol. The maximum absolute atomic E-state index is 12.8. The van der Waals surface area contributed by atoms with E-state index in [9.17, 15) is 4.79 Å². The van der Waals surface area contributed by atoms with Crippen LogP contribution in [0.2, 0.25) is 0 Å². The summed E-state index contributed by atoms with van der Waals surface area (Å²) in [5.41, 5.74) is 2.25. The van der Waals surface area contributed by atoms with E-state index < -0.39 is 5.97 Å². The molecule has 1 aliphatic carbocycles. The predicted molar refractivity (Wildman–Crippen MR) is 163 cm³/mol. The third-order valence-corrected chi connectivity index (χ3v) is 8.26. The molecule has 0 aliphatic heterocycles. The highest BCUT2D eigenvalue weighted by Gasteiger charge is 2.21. The van der Waals surface area contributed by atoms with Crippen LogP contribution in [-0.4, -0.2) is 12.6 Å². The molecule has 0 saturated heterocycles. The zero-order valence-corrected chi connectivity index (χ0v) is 24.4. The van der Waals surface area contributed by atoms with Gasteiger partial charge in [-0.3, -0.25) is 0 Å². The standard InChI is InChI=1S/C36H50O3/c1-4-7-9-10-11-13-27-38-34-24-22-33(23-25-34)36(37)39-35-26-21-31(28-32(35)6-3)20-19-30-17-15-29(16-18-30)14-12-8-5-2/h3,21-26,28-30H,4-5,7-20,27H2,1-2H3/i3T. The summed E-state index contributed by atoms with van der Waals surface area (Å²) in [4.78, 5) is 12.8. The molecule has 2 aromatic rings. The number of rotatable bonds is 17. The average Bonchev–Trinajstić information content (AvgIpc) is 2.98. The van der Waals surface area contributed by atoms with Crippen molar-refractivity contribution in [2.75, 3.05) is 6.61 Å². The zero-order chi connectivity index (χ0) is 28.4. The van der Waals surface area contributed by atoms with Crippen LogP contribution in [0, 0.1) is 24.2 Å². The number of benzene rings is 2. The van der Waals surface area contributed by atoms with Crippen LogP contribution in [0.1, 0.15) is 133 Å². The molecular weight excluding hydrogens is 480 g/mol. The molecule has 1 aliphatic rings. The molecule has 0 unspecified atom stereocenters. The molecule has 0 aromatic heterocycles. The Hall–Kier alpha value is -2.73. The highest BCUT2D eigenvalue weighted by molar-refractivity contribution is 5.91. The molecule has 0 spiro atoms. The van der Waals surface area contributed by atoms with E-state index in [1.807, 2.05) is 30.3 Å². The second-order valence-corrected chi connectivity index (χ2v) is 11.4. The normalized spacial score (nSPS) is 17.1. The van der Waals surface area contributed by atoms with Gasteiger partial charge in [-0.2, -0.15) is 0 Å². The largest absolute Gasteiger partial charge is 0.494 e. The fourth-order valence-corrected chi connectivity index (χ4v) is 5.70. The SMILES string of the molecule is [3H]C#Cc1cc(CCC2CCC(CCCCC)CC2)ccc1OC(=O)c1ccc(OCCCCCCCC)cc1. The first-order valence-corrected chi connectivity index (χ1v) is 15.6. The van der Waals surface area contributed by atoms with Gasteiger partial charge in [0.25, 0.3) is 0 Å². The molecular formula is C36H50O3. The molecule has 3 heteroatoms. The lowest BCUT2D eigenvalue weighted by Crippen LogP contribution is -2.15. The van der Waals surface area contributed by atoms with E-state index in [0.29, 0.717) is 23.5 Å². The Morgan fingerprint density at radius 1 is 0.872 bits per heavy atom. The summed E-state index contributed by atoms with van der Waals surface area (Å²) in [5, 5.41) is 0. The van der Waals surface area contributed by atoms with Crippen molar-refractivity contribution >= 4 is 5.97 Å². The molecule has 1 saturated carbocycles. The molecule has 3 rings (SSSR count). The number of hydrogen-bond acceptors (Lipinski definition) is 3. The molecule has 0 bridgehead atoms. The smallest absolute Gasteiger partial charge is 0.343 e. The first kappa shape index (κ1) is 29.3. The van der Waals surface area contributed by atoms with Crippen molar-refractivity contribution in [1.29, 1.82) is 0 Å². The fraction of sp³-hybridized carbons (Fsp3) is 0.583. The Morgan fingerprint density at radius 2 is 1.54 bits per heavy atom. The lowest BCUT2D eigenvalue weighted by atomic mass is 9.77. The van der Waals surface area contributed by atoms with Gasteiger partial charge in [-0.05, 0) is 73.1 Å². The van der Waals surface area contributed by atoms with Crippen LogP contribution in [0.25, 0.3) is 0 Å². The predicted octanol–water partition coefficient (Wildman–Crippen LogP) is 9.95. The van der Waals surface area contributed by atoms with Crippen molar-refractivity contribution < 1.29 is 15.6 Å². The summed E-state index contributed by atoms with van der Waals surface area (Å²) in [6, 6.07) is 13.0. The van der Waals surface area contributed by atoms with Crippen molar-refractivity contribution in [2.24, 2.45) is 11.8 Å². The fourth-order valence-electron chi connectivity index (χ4n) is 5.70. The quantitative estimate of drug-likeness (QED) is 0.0880. The molecule has 1 fully saturated rings. The van der Waals surface area contributed by atoms with Gasteiger partial charge < -0.3 is 9.47 Å². The highest BCUT2D eigenvalue weighted by atomic mass is 16.5. The topological polar surface area (TPSA) is 35.5 Å². The first-order valence-electron chi connectivity index (χ1n) is 16.1. The molecule has 0 amide bonds. The van der Waals surface area contributed by atoms with Crippen molar-refractivity contribution in [3.63, 3.8) is 0 Å². The second kappa shape index (κ2) is 17.8. The number of terminal acetylenes is 1. The maximum Gasteiger partial charge on any atom is 0.343 e. The molecule has 0 N–H and O–H groups in total. The Morgan fingerprint density at radius 3 is 2.26 bits per heavy atom. The van der Waals surface area contributed by atoms with Gasteiger partial charge in [0.15, 0.2) is 0 Å². The maximum atomic E-state index is 12.8. The Bertz CT molecular complexity index is 1060. The van der Waals surface area contributed by atoms with Crippen LogP contribution in [0.3, 0.4) is 0 Å². The zero-order valence-electron chi connectivity index (χ0n) is 25.4. The Kier molecular flexibility index (Phi) is 13.3. The van der Waals surface area contributed by atoms with Crippen LogP contribution < -0.4 is 9.47 Å². The highest BCUT2D eigenvalue weighted by Crippen LogP contribution is 2.34. The number of carbonyl (C=O) groups excluding carboxylic acids is 1. The van der Waals surface area contributed by atoms with E-state index in [0.717, 1.165) is 30.4 Å². The van der Waals surface area contributed by atoms with Gasteiger partial charge >= 0.3 is 5.97 Å². The van der Waals surface area contributed by atoms with E-state index in [1.165, 1.54) is 95.5 Å². The Labute approximate surface area is 239 Å². The van der Waals surface area contributed by atoms with Crippen LogP contribution in [0.15, 0.2) is 42.5 Å². The van der Waals surface area contributed by atoms with E-state index in [2.05, 4.69) is 26.2 Å². The summed E-state index contributed by atoms with van der Waals surface area (Å²) >= 11 is 0. The number of hydrogen-bond donors (Lipinski definition) is 0. The van der Waals surface area contributed by atoms with Crippen LogP contribution >= 0.6 is 0 Å².